The lowest BCUT2D eigenvalue weighted by Gasteiger charge is -2.22. The van der Waals surface area contributed by atoms with Crippen LogP contribution < -0.4 is 5.32 Å². The number of thioether (sulfide) groups is 1. The number of hydrogen-bond acceptors (Lipinski definition) is 4. The molecule has 0 saturated heterocycles. The van der Waals surface area contributed by atoms with Crippen molar-refractivity contribution in [2.45, 2.75) is 59.1 Å². The van der Waals surface area contributed by atoms with Gasteiger partial charge in [0.25, 0.3) is 0 Å². The van der Waals surface area contributed by atoms with E-state index >= 15 is 0 Å². The zero-order valence-electron chi connectivity index (χ0n) is 12.5. The maximum Gasteiger partial charge on any atom is 0.408 e. The highest BCUT2D eigenvalue weighted by molar-refractivity contribution is 8.13. The van der Waals surface area contributed by atoms with Gasteiger partial charge in [-0.2, -0.15) is 0 Å². The summed E-state index contributed by atoms with van der Waals surface area (Å²) in [4.78, 5) is 22.7. The lowest BCUT2D eigenvalue weighted by atomic mass is 10.2. The van der Waals surface area contributed by atoms with E-state index in [-0.39, 0.29) is 11.2 Å². The minimum atomic E-state index is -0.518. The lowest BCUT2D eigenvalue weighted by molar-refractivity contribution is -0.109. The van der Waals surface area contributed by atoms with Gasteiger partial charge >= 0.3 is 6.09 Å². The first-order chi connectivity index (χ1) is 8.74. The Morgan fingerprint density at radius 2 is 2.00 bits per heavy atom. The van der Waals surface area contributed by atoms with Crippen LogP contribution >= 0.6 is 11.8 Å². The van der Waals surface area contributed by atoms with Crippen molar-refractivity contribution < 1.29 is 14.3 Å². The van der Waals surface area contributed by atoms with E-state index in [9.17, 15) is 9.59 Å². The predicted octanol–water partition coefficient (Wildman–Crippen LogP) is 3.52. The molecule has 0 fully saturated rings. The summed E-state index contributed by atoms with van der Waals surface area (Å²) in [6, 6.07) is -0.185. The first-order valence-corrected chi connectivity index (χ1v) is 7.52. The SMILES string of the molecule is CCC/C=C/[C@@H](CSC(C)=O)NC(=O)OC(C)(C)C. The number of rotatable bonds is 6. The van der Waals surface area contributed by atoms with E-state index in [0.29, 0.717) is 5.75 Å². The van der Waals surface area contributed by atoms with Crippen LogP contribution in [0.3, 0.4) is 0 Å². The van der Waals surface area contributed by atoms with Crippen molar-refractivity contribution in [3.05, 3.63) is 12.2 Å². The number of allylic oxidation sites excluding steroid dienone is 1. The number of ether oxygens (including phenoxy) is 1. The van der Waals surface area contributed by atoms with Crippen molar-refractivity contribution in [3.8, 4) is 0 Å². The maximum absolute atomic E-state index is 11.7. The number of carbonyl (C=O) groups excluding carboxylic acids is 2. The van der Waals surface area contributed by atoms with E-state index in [1.807, 2.05) is 32.9 Å². The lowest BCUT2D eigenvalue weighted by Crippen LogP contribution is -2.39. The number of hydrogen-bond donors (Lipinski definition) is 1. The van der Waals surface area contributed by atoms with Gasteiger partial charge in [0, 0.05) is 12.7 Å². The quantitative estimate of drug-likeness (QED) is 0.759. The molecular weight excluding hydrogens is 262 g/mol. The number of alkyl carbamates (subject to hydrolysis) is 1. The summed E-state index contributed by atoms with van der Waals surface area (Å²) >= 11 is 1.20. The molecule has 19 heavy (non-hydrogen) atoms. The Balaban J connectivity index is 4.39. The Bertz CT molecular complexity index is 321. The fourth-order valence-electron chi connectivity index (χ4n) is 1.24. The molecule has 0 aromatic carbocycles. The minimum absolute atomic E-state index is 0.0416. The second-order valence-electron chi connectivity index (χ2n) is 5.27. The largest absolute Gasteiger partial charge is 0.444 e. The molecule has 0 saturated carbocycles. The molecule has 1 N–H and O–H groups in total. The van der Waals surface area contributed by atoms with E-state index in [4.69, 9.17) is 4.74 Å². The van der Waals surface area contributed by atoms with E-state index < -0.39 is 11.7 Å². The average molecular weight is 287 g/mol. The molecular formula is C14H25NO3S. The molecule has 0 aliphatic heterocycles. The molecule has 0 bridgehead atoms. The zero-order valence-corrected chi connectivity index (χ0v) is 13.3. The fraction of sp³-hybridized carbons (Fsp3) is 0.714. The summed E-state index contributed by atoms with van der Waals surface area (Å²) in [6.45, 7) is 9.06. The summed E-state index contributed by atoms with van der Waals surface area (Å²) in [6.07, 6.45) is 5.49. The number of nitrogens with one attached hydrogen (secondary N) is 1. The highest BCUT2D eigenvalue weighted by Gasteiger charge is 2.18. The van der Waals surface area contributed by atoms with Crippen LogP contribution in [0.2, 0.25) is 0 Å². The molecule has 0 spiro atoms. The van der Waals surface area contributed by atoms with Gasteiger partial charge in [-0.1, -0.05) is 37.3 Å². The van der Waals surface area contributed by atoms with Crippen molar-refractivity contribution in [1.29, 1.82) is 0 Å². The van der Waals surface area contributed by atoms with Gasteiger partial charge < -0.3 is 10.1 Å². The first kappa shape index (κ1) is 18.0. The predicted molar refractivity (Wildman–Crippen MR) is 80.3 cm³/mol. The van der Waals surface area contributed by atoms with E-state index in [2.05, 4.69) is 12.2 Å². The summed E-state index contributed by atoms with van der Waals surface area (Å²) in [7, 11) is 0. The number of unbranched alkanes of at least 4 members (excludes halogenated alkanes) is 1. The Morgan fingerprint density at radius 1 is 1.37 bits per heavy atom. The second-order valence-corrected chi connectivity index (χ2v) is 6.47. The fourth-order valence-corrected chi connectivity index (χ4v) is 1.85. The van der Waals surface area contributed by atoms with Gasteiger partial charge in [0.2, 0.25) is 0 Å². The van der Waals surface area contributed by atoms with Gasteiger partial charge in [-0.25, -0.2) is 4.79 Å². The average Bonchev–Trinajstić information content (AvgIpc) is 2.23. The molecule has 0 aliphatic carbocycles. The summed E-state index contributed by atoms with van der Waals surface area (Å²) in [5, 5.41) is 2.81. The molecule has 1 atom stereocenters. The van der Waals surface area contributed by atoms with Crippen molar-refractivity contribution in [2.75, 3.05) is 5.75 Å². The van der Waals surface area contributed by atoms with Crippen molar-refractivity contribution in [2.24, 2.45) is 0 Å². The van der Waals surface area contributed by atoms with Gasteiger partial charge in [-0.15, -0.1) is 0 Å². The van der Waals surface area contributed by atoms with E-state index in [1.165, 1.54) is 18.7 Å². The third kappa shape index (κ3) is 11.8. The Morgan fingerprint density at radius 3 is 2.47 bits per heavy atom. The van der Waals surface area contributed by atoms with Gasteiger partial charge in [-0.3, -0.25) is 4.79 Å². The molecule has 0 rings (SSSR count). The van der Waals surface area contributed by atoms with Crippen LogP contribution in [-0.2, 0) is 9.53 Å². The maximum atomic E-state index is 11.7. The van der Waals surface area contributed by atoms with Crippen molar-refractivity contribution >= 4 is 23.0 Å². The van der Waals surface area contributed by atoms with Crippen LogP contribution in [0.5, 0.6) is 0 Å². The topological polar surface area (TPSA) is 55.4 Å². The Kier molecular flexibility index (Phi) is 8.56. The molecule has 0 aromatic rings. The molecule has 4 nitrogen and oxygen atoms in total. The summed E-state index contributed by atoms with van der Waals surface area (Å²) < 4.78 is 5.20. The highest BCUT2D eigenvalue weighted by Crippen LogP contribution is 2.09. The smallest absolute Gasteiger partial charge is 0.408 e. The zero-order chi connectivity index (χ0) is 14.9. The van der Waals surface area contributed by atoms with Crippen LogP contribution in [0, 0.1) is 0 Å². The van der Waals surface area contributed by atoms with E-state index in [0.717, 1.165) is 12.8 Å². The van der Waals surface area contributed by atoms with Gasteiger partial charge in [-0.05, 0) is 27.2 Å². The first-order valence-electron chi connectivity index (χ1n) is 6.54. The minimum Gasteiger partial charge on any atom is -0.444 e. The molecule has 1 amide bonds. The summed E-state index contributed by atoms with van der Waals surface area (Å²) in [5.41, 5.74) is -0.518. The Hall–Kier alpha value is -0.970. The van der Waals surface area contributed by atoms with E-state index in [1.54, 1.807) is 0 Å². The number of amides is 1. The molecule has 0 aliphatic rings. The van der Waals surface area contributed by atoms with Crippen LogP contribution in [0.15, 0.2) is 12.2 Å². The third-order valence-corrected chi connectivity index (χ3v) is 2.92. The van der Waals surface area contributed by atoms with Gasteiger partial charge in [0.1, 0.15) is 5.60 Å². The molecule has 110 valence electrons. The Labute approximate surface area is 120 Å². The van der Waals surface area contributed by atoms with Crippen molar-refractivity contribution in [3.63, 3.8) is 0 Å². The van der Waals surface area contributed by atoms with Crippen LogP contribution in [-0.4, -0.2) is 28.6 Å². The van der Waals surface area contributed by atoms with Crippen LogP contribution in [0.4, 0.5) is 4.79 Å². The molecule has 0 unspecified atom stereocenters. The van der Waals surface area contributed by atoms with Gasteiger partial charge in [0.05, 0.1) is 6.04 Å². The standard InChI is InChI=1S/C14H25NO3S/c1-6-7-8-9-12(10-19-11(2)16)15-13(17)18-14(3,4)5/h8-9,12H,6-7,10H2,1-5H3,(H,15,17)/b9-8+/t12-/m0/s1. The molecule has 0 radical (unpaired) electrons. The highest BCUT2D eigenvalue weighted by atomic mass is 32.2. The molecule has 5 heteroatoms. The molecule has 0 heterocycles. The van der Waals surface area contributed by atoms with Crippen LogP contribution in [0.25, 0.3) is 0 Å². The molecule has 0 aromatic heterocycles. The second kappa shape index (κ2) is 9.02. The number of carbonyl (C=O) groups is 2. The van der Waals surface area contributed by atoms with Crippen LogP contribution in [0.1, 0.15) is 47.5 Å². The van der Waals surface area contributed by atoms with Gasteiger partial charge in [0.15, 0.2) is 5.12 Å². The van der Waals surface area contributed by atoms with Crippen molar-refractivity contribution in [1.82, 2.24) is 5.32 Å². The normalized spacial score (nSPS) is 13.3. The summed E-state index contributed by atoms with van der Waals surface area (Å²) in [5.74, 6) is 0.523. The monoisotopic (exact) mass is 287 g/mol. The third-order valence-electron chi connectivity index (χ3n) is 1.99.